The fourth-order valence-electron chi connectivity index (χ4n) is 0.838. The number of carbonyl (C=O) groups excluding carboxylic acids is 3. The molecule has 9 nitrogen and oxygen atoms in total. The topological polar surface area (TPSA) is 134 Å². The van der Waals surface area contributed by atoms with E-state index in [9.17, 15) is 14.4 Å². The highest BCUT2D eigenvalue weighted by Crippen LogP contribution is 2.19. The third-order valence-electron chi connectivity index (χ3n) is 1.50. The van der Waals surface area contributed by atoms with E-state index in [4.69, 9.17) is 9.84 Å². The van der Waals surface area contributed by atoms with Gasteiger partial charge in [0.05, 0.1) is 24.7 Å². The SMILES string of the molecule is NOC(=O)C(OCCO)(OC(=O)CS)OC(=O)CS. The molecule has 3 N–H and O–H groups in total. The average Bonchev–Trinajstić information content (AvgIpc) is 2.43. The number of hydrogen-bond acceptors (Lipinski definition) is 11. The molecule has 110 valence electrons. The number of aliphatic hydroxyl groups is 1. The summed E-state index contributed by atoms with van der Waals surface area (Å²) in [5, 5.41) is 8.65. The fraction of sp³-hybridized carbons (Fsp3) is 0.625. The van der Waals surface area contributed by atoms with Crippen LogP contribution >= 0.6 is 25.3 Å². The number of thiol groups is 2. The number of aliphatic hydroxyl groups excluding tert-OH is 1. The lowest BCUT2D eigenvalue weighted by Gasteiger charge is -2.27. The zero-order valence-electron chi connectivity index (χ0n) is 9.61. The largest absolute Gasteiger partial charge is 0.483 e. The first-order chi connectivity index (χ1) is 8.95. The zero-order chi connectivity index (χ0) is 14.9. The molecule has 0 fully saturated rings. The number of nitrogens with two attached hydrogens (primary N) is 1. The van der Waals surface area contributed by atoms with Gasteiger partial charge in [-0.1, -0.05) is 0 Å². The fourth-order valence-corrected chi connectivity index (χ4v) is 0.968. The maximum atomic E-state index is 11.5. The molecule has 0 bridgehead atoms. The average molecular weight is 315 g/mol. The molecule has 0 rings (SSSR count). The second-order valence-electron chi connectivity index (χ2n) is 2.80. The molecule has 0 radical (unpaired) electrons. The van der Waals surface area contributed by atoms with Gasteiger partial charge in [-0.3, -0.25) is 14.3 Å². The van der Waals surface area contributed by atoms with Gasteiger partial charge < -0.3 is 19.4 Å². The number of carbonyl (C=O) groups is 3. The van der Waals surface area contributed by atoms with E-state index in [1.165, 1.54) is 0 Å². The van der Waals surface area contributed by atoms with Crippen LogP contribution in [-0.4, -0.2) is 53.7 Å². The molecule has 11 heteroatoms. The van der Waals surface area contributed by atoms with E-state index in [1.807, 2.05) is 0 Å². The third-order valence-corrected chi connectivity index (χ3v) is 2.01. The van der Waals surface area contributed by atoms with Gasteiger partial charge in [0.1, 0.15) is 0 Å². The van der Waals surface area contributed by atoms with Crippen molar-refractivity contribution in [3.8, 4) is 0 Å². The summed E-state index contributed by atoms with van der Waals surface area (Å²) < 4.78 is 13.8. The maximum absolute atomic E-state index is 11.5. The van der Waals surface area contributed by atoms with Crippen molar-refractivity contribution in [3.05, 3.63) is 0 Å². The number of hydrogen-bond donors (Lipinski definition) is 4. The lowest BCUT2D eigenvalue weighted by molar-refractivity contribution is -0.334. The molecule has 0 saturated carbocycles. The number of esters is 2. The molecule has 0 aromatic carbocycles. The summed E-state index contributed by atoms with van der Waals surface area (Å²) in [5.74, 6) is -2.63. The van der Waals surface area contributed by atoms with Crippen molar-refractivity contribution in [2.24, 2.45) is 5.90 Å². The van der Waals surface area contributed by atoms with E-state index in [0.717, 1.165) is 0 Å². The van der Waals surface area contributed by atoms with Crippen LogP contribution in [0.25, 0.3) is 0 Å². The molecule has 0 aromatic heterocycles. The van der Waals surface area contributed by atoms with Crippen molar-refractivity contribution in [2.75, 3.05) is 24.7 Å². The highest BCUT2D eigenvalue weighted by atomic mass is 32.1. The van der Waals surface area contributed by atoms with E-state index in [2.05, 4.69) is 45.5 Å². The van der Waals surface area contributed by atoms with Gasteiger partial charge >= 0.3 is 23.9 Å². The van der Waals surface area contributed by atoms with Crippen LogP contribution in [0.2, 0.25) is 0 Å². The summed E-state index contributed by atoms with van der Waals surface area (Å²) in [7, 11) is 0. The maximum Gasteiger partial charge on any atom is 0.483 e. The van der Waals surface area contributed by atoms with Crippen LogP contribution in [0, 0.1) is 0 Å². The van der Waals surface area contributed by atoms with Gasteiger partial charge in [-0.2, -0.15) is 31.2 Å². The van der Waals surface area contributed by atoms with Gasteiger partial charge in [-0.25, -0.2) is 4.79 Å². The summed E-state index contributed by atoms with van der Waals surface area (Å²) in [6.07, 6.45) is 0. The van der Waals surface area contributed by atoms with Gasteiger partial charge in [0, 0.05) is 0 Å². The first-order valence-corrected chi connectivity index (χ1v) is 6.03. The lowest BCUT2D eigenvalue weighted by atomic mass is 10.5. The minimum absolute atomic E-state index is 0.430. The predicted octanol–water partition coefficient (Wildman–Crippen LogP) is -1.99. The molecule has 19 heavy (non-hydrogen) atoms. The monoisotopic (exact) mass is 315 g/mol. The summed E-state index contributed by atoms with van der Waals surface area (Å²) in [4.78, 5) is 37.7. The van der Waals surface area contributed by atoms with Gasteiger partial charge in [0.25, 0.3) is 0 Å². The van der Waals surface area contributed by atoms with Crippen molar-refractivity contribution in [1.29, 1.82) is 0 Å². The van der Waals surface area contributed by atoms with Crippen LogP contribution in [0.4, 0.5) is 0 Å². The van der Waals surface area contributed by atoms with Crippen LogP contribution in [0.3, 0.4) is 0 Å². The standard InChI is InChI=1S/C8H13NO8S2/c9-17-7(13)8(14-2-1-10,15-5(11)3-18)16-6(12)4-19/h10,18-19H,1-4,9H2. The van der Waals surface area contributed by atoms with Crippen molar-refractivity contribution < 1.29 is 38.5 Å². The smallest absolute Gasteiger partial charge is 0.394 e. The Labute approximate surface area is 119 Å². The minimum atomic E-state index is -2.84. The van der Waals surface area contributed by atoms with E-state index in [0.29, 0.717) is 0 Å². The van der Waals surface area contributed by atoms with Crippen molar-refractivity contribution in [2.45, 2.75) is 5.97 Å². The van der Waals surface area contributed by atoms with Crippen LogP contribution in [0.5, 0.6) is 0 Å². The Morgan fingerprint density at radius 1 is 1.11 bits per heavy atom. The van der Waals surface area contributed by atoms with E-state index in [-0.39, 0.29) is 0 Å². The zero-order valence-corrected chi connectivity index (χ0v) is 11.4. The molecule has 0 aliphatic heterocycles. The molecule has 0 aromatic rings. The highest BCUT2D eigenvalue weighted by Gasteiger charge is 2.51. The Kier molecular flexibility index (Phi) is 8.51. The van der Waals surface area contributed by atoms with E-state index < -0.39 is 48.6 Å². The summed E-state index contributed by atoms with van der Waals surface area (Å²) in [6.45, 7) is -1.04. The molecule has 0 saturated heterocycles. The van der Waals surface area contributed by atoms with Gasteiger partial charge in [0.15, 0.2) is 0 Å². The molecule has 0 spiro atoms. The summed E-state index contributed by atoms with van der Waals surface area (Å²) in [5.41, 5.74) is 0. The number of ether oxygens (including phenoxy) is 3. The molecule has 0 unspecified atom stereocenters. The molecule has 0 amide bonds. The normalized spacial score (nSPS) is 10.7. The second kappa shape index (κ2) is 8.98. The molecule has 0 atom stereocenters. The van der Waals surface area contributed by atoms with Crippen LogP contribution in [0.1, 0.15) is 0 Å². The van der Waals surface area contributed by atoms with Crippen LogP contribution in [0.15, 0.2) is 0 Å². The van der Waals surface area contributed by atoms with Gasteiger partial charge in [-0.05, 0) is 0 Å². The third kappa shape index (κ3) is 5.65. The minimum Gasteiger partial charge on any atom is -0.394 e. The Hall–Kier alpha value is -1.01. The molecule has 0 aliphatic rings. The molecule has 0 aliphatic carbocycles. The quantitative estimate of drug-likeness (QED) is 0.174. The number of rotatable bonds is 8. The van der Waals surface area contributed by atoms with E-state index in [1.54, 1.807) is 0 Å². The first-order valence-electron chi connectivity index (χ1n) is 4.77. The highest BCUT2D eigenvalue weighted by molar-refractivity contribution is 7.81. The predicted molar refractivity (Wildman–Crippen MR) is 65.9 cm³/mol. The second-order valence-corrected chi connectivity index (χ2v) is 3.43. The van der Waals surface area contributed by atoms with Crippen molar-refractivity contribution >= 4 is 43.2 Å². The van der Waals surface area contributed by atoms with Crippen LogP contribution in [-0.2, 0) is 33.4 Å². The summed E-state index contributed by atoms with van der Waals surface area (Å²) >= 11 is 7.22. The molecular weight excluding hydrogens is 302 g/mol. The molecular formula is C8H13NO8S2. The molecule has 0 heterocycles. The van der Waals surface area contributed by atoms with Crippen molar-refractivity contribution in [1.82, 2.24) is 0 Å². The van der Waals surface area contributed by atoms with Gasteiger partial charge in [-0.15, -0.1) is 0 Å². The van der Waals surface area contributed by atoms with Gasteiger partial charge in [0.2, 0.25) is 0 Å². The summed E-state index contributed by atoms with van der Waals surface area (Å²) in [6, 6.07) is 0. The van der Waals surface area contributed by atoms with E-state index >= 15 is 0 Å². The lowest BCUT2D eigenvalue weighted by Crippen LogP contribution is -2.52. The Bertz CT molecular complexity index is 319. The Morgan fingerprint density at radius 2 is 1.58 bits per heavy atom. The Morgan fingerprint density at radius 3 is 1.89 bits per heavy atom. The van der Waals surface area contributed by atoms with Crippen molar-refractivity contribution in [3.63, 3.8) is 0 Å². The van der Waals surface area contributed by atoms with Crippen LogP contribution < -0.4 is 5.90 Å². The first kappa shape index (κ1) is 18.0. The Balaban J connectivity index is 5.23.